The van der Waals surface area contributed by atoms with E-state index in [9.17, 15) is 24.8 Å². The average Bonchev–Trinajstić information content (AvgIpc) is 3.21. The number of amides is 1. The summed E-state index contributed by atoms with van der Waals surface area (Å²) in [5.74, 6) is -1.39. The van der Waals surface area contributed by atoms with Gasteiger partial charge in [-0.2, -0.15) is 0 Å². The summed E-state index contributed by atoms with van der Waals surface area (Å²) in [6, 6.07) is 22.6. The van der Waals surface area contributed by atoms with E-state index in [4.69, 9.17) is 4.74 Å². The first kappa shape index (κ1) is 26.3. The van der Waals surface area contributed by atoms with Crippen LogP contribution in [0.5, 0.6) is 5.75 Å². The monoisotopic (exact) mass is 535 g/mol. The molecule has 1 amide bonds. The van der Waals surface area contributed by atoms with Crippen LogP contribution in [0.2, 0.25) is 0 Å². The number of Topliss-reactive ketones (excluding diaryl/α,β-unsaturated/α-hetero) is 1. The number of hydrogen-bond acceptors (Lipinski definition) is 7. The van der Waals surface area contributed by atoms with E-state index < -0.39 is 22.7 Å². The van der Waals surface area contributed by atoms with Gasteiger partial charge in [0.15, 0.2) is 0 Å². The van der Waals surface area contributed by atoms with Gasteiger partial charge >= 0.3 is 0 Å². The summed E-state index contributed by atoms with van der Waals surface area (Å²) in [6.07, 6.45) is 3.16. The molecule has 2 heterocycles. The van der Waals surface area contributed by atoms with Crippen molar-refractivity contribution < 1.29 is 24.4 Å². The van der Waals surface area contributed by atoms with Crippen molar-refractivity contribution >= 4 is 23.1 Å². The SMILES string of the molecule is Cc1cccc(COc2ccc(C(O)=C3C(=O)C(=O)N(Cc4ccncc4)C3c3ccc([N+](=O)[O-])cc3)cc2)c1. The molecule has 0 spiro atoms. The third-order valence-electron chi connectivity index (χ3n) is 6.68. The predicted molar refractivity (Wildman–Crippen MR) is 147 cm³/mol. The molecule has 0 radical (unpaired) electrons. The molecule has 1 unspecified atom stereocenters. The fourth-order valence-electron chi connectivity index (χ4n) is 4.69. The maximum Gasteiger partial charge on any atom is 0.295 e. The molecular formula is C31H25N3O6. The average molecular weight is 536 g/mol. The molecule has 9 nitrogen and oxygen atoms in total. The Morgan fingerprint density at radius 3 is 2.33 bits per heavy atom. The third kappa shape index (κ3) is 5.44. The number of aliphatic hydroxyl groups is 1. The minimum absolute atomic E-state index is 0.0806. The summed E-state index contributed by atoms with van der Waals surface area (Å²) in [6.45, 7) is 2.45. The van der Waals surface area contributed by atoms with E-state index in [1.54, 1.807) is 48.8 Å². The zero-order valence-electron chi connectivity index (χ0n) is 21.6. The molecule has 1 fully saturated rings. The number of aromatic nitrogens is 1. The Morgan fingerprint density at radius 1 is 0.975 bits per heavy atom. The van der Waals surface area contributed by atoms with E-state index in [2.05, 4.69) is 4.98 Å². The Hall–Kier alpha value is -5.31. The van der Waals surface area contributed by atoms with Gasteiger partial charge in [-0.1, -0.05) is 29.8 Å². The van der Waals surface area contributed by atoms with E-state index in [0.717, 1.165) is 16.7 Å². The first-order valence-electron chi connectivity index (χ1n) is 12.5. The second-order valence-electron chi connectivity index (χ2n) is 9.43. The molecule has 4 aromatic rings. The van der Waals surface area contributed by atoms with Crippen LogP contribution in [0, 0.1) is 17.0 Å². The summed E-state index contributed by atoms with van der Waals surface area (Å²) in [4.78, 5) is 42.5. The van der Waals surface area contributed by atoms with Crippen molar-refractivity contribution in [1.29, 1.82) is 0 Å². The van der Waals surface area contributed by atoms with Gasteiger partial charge in [-0.05, 0) is 72.1 Å². The number of benzene rings is 3. The summed E-state index contributed by atoms with van der Waals surface area (Å²) >= 11 is 0. The van der Waals surface area contributed by atoms with Crippen LogP contribution in [-0.2, 0) is 22.7 Å². The number of likely N-dealkylation sites (tertiary alicyclic amines) is 1. The number of nitro groups is 1. The van der Waals surface area contributed by atoms with Crippen molar-refractivity contribution in [2.45, 2.75) is 26.1 Å². The topological polar surface area (TPSA) is 123 Å². The lowest BCUT2D eigenvalue weighted by atomic mass is 9.95. The highest BCUT2D eigenvalue weighted by molar-refractivity contribution is 6.46. The van der Waals surface area contributed by atoms with Crippen LogP contribution >= 0.6 is 0 Å². The first-order chi connectivity index (χ1) is 19.3. The number of aliphatic hydroxyl groups excluding tert-OH is 1. The van der Waals surface area contributed by atoms with Crippen LogP contribution in [0.25, 0.3) is 5.76 Å². The first-order valence-corrected chi connectivity index (χ1v) is 12.5. The van der Waals surface area contributed by atoms with Crippen LogP contribution in [0.3, 0.4) is 0 Å². The molecule has 1 aliphatic heterocycles. The number of ether oxygens (including phenoxy) is 1. The molecule has 3 aromatic carbocycles. The number of non-ortho nitro benzene ring substituents is 1. The lowest BCUT2D eigenvalue weighted by Gasteiger charge is -2.25. The van der Waals surface area contributed by atoms with E-state index in [1.807, 2.05) is 31.2 Å². The minimum Gasteiger partial charge on any atom is -0.507 e. The standard InChI is InChI=1S/C31H25N3O6/c1-20-3-2-4-22(17-20)19-40-26-11-7-24(8-12-26)29(35)27-28(23-5-9-25(10-6-23)34(38)39)33(31(37)30(27)36)18-21-13-15-32-16-14-21/h2-17,28,35H,18-19H2,1H3. The second kappa shape index (κ2) is 11.2. The summed E-state index contributed by atoms with van der Waals surface area (Å²) in [5.41, 5.74) is 3.44. The van der Waals surface area contributed by atoms with Crippen LogP contribution in [0.1, 0.15) is 33.9 Å². The number of carbonyl (C=O) groups excluding carboxylic acids is 2. The second-order valence-corrected chi connectivity index (χ2v) is 9.43. The van der Waals surface area contributed by atoms with Gasteiger partial charge in [-0.15, -0.1) is 0 Å². The Balaban J connectivity index is 1.48. The molecule has 0 bridgehead atoms. The largest absolute Gasteiger partial charge is 0.507 e. The number of pyridine rings is 1. The number of ketones is 1. The highest BCUT2D eigenvalue weighted by Crippen LogP contribution is 2.40. The zero-order valence-corrected chi connectivity index (χ0v) is 21.6. The summed E-state index contributed by atoms with van der Waals surface area (Å²) < 4.78 is 5.86. The van der Waals surface area contributed by atoms with Crippen LogP contribution < -0.4 is 4.74 Å². The van der Waals surface area contributed by atoms with Crippen molar-refractivity contribution in [2.24, 2.45) is 0 Å². The smallest absolute Gasteiger partial charge is 0.295 e. The predicted octanol–water partition coefficient (Wildman–Crippen LogP) is 5.50. The Morgan fingerprint density at radius 2 is 1.68 bits per heavy atom. The maximum absolute atomic E-state index is 13.3. The van der Waals surface area contributed by atoms with Crippen molar-refractivity contribution in [3.63, 3.8) is 0 Å². The third-order valence-corrected chi connectivity index (χ3v) is 6.68. The molecule has 1 N–H and O–H groups in total. The van der Waals surface area contributed by atoms with Crippen molar-refractivity contribution in [3.05, 3.63) is 141 Å². The molecule has 0 saturated carbocycles. The zero-order chi connectivity index (χ0) is 28.2. The lowest BCUT2D eigenvalue weighted by molar-refractivity contribution is -0.384. The molecule has 1 atom stereocenters. The molecule has 1 saturated heterocycles. The highest BCUT2D eigenvalue weighted by Gasteiger charge is 2.46. The number of carbonyl (C=O) groups is 2. The molecular weight excluding hydrogens is 510 g/mol. The molecule has 1 aromatic heterocycles. The van der Waals surface area contributed by atoms with Crippen LogP contribution in [0.15, 0.2) is 103 Å². The number of nitro benzene ring substituents is 1. The fraction of sp³-hybridized carbons (Fsp3) is 0.129. The molecule has 1 aliphatic rings. The number of rotatable bonds is 8. The van der Waals surface area contributed by atoms with Gasteiger partial charge in [0.1, 0.15) is 18.1 Å². The molecule has 5 rings (SSSR count). The van der Waals surface area contributed by atoms with Crippen molar-refractivity contribution in [3.8, 4) is 5.75 Å². The van der Waals surface area contributed by atoms with Gasteiger partial charge < -0.3 is 14.7 Å². The van der Waals surface area contributed by atoms with E-state index in [0.29, 0.717) is 23.5 Å². The van der Waals surface area contributed by atoms with Gasteiger partial charge in [0.2, 0.25) is 0 Å². The quantitative estimate of drug-likeness (QED) is 0.104. The lowest BCUT2D eigenvalue weighted by Crippen LogP contribution is -2.29. The van der Waals surface area contributed by atoms with Gasteiger partial charge in [0.05, 0.1) is 16.5 Å². The molecule has 0 aliphatic carbocycles. The van der Waals surface area contributed by atoms with E-state index in [1.165, 1.54) is 29.2 Å². The van der Waals surface area contributed by atoms with E-state index in [-0.39, 0.29) is 23.6 Å². The number of nitrogens with zero attached hydrogens (tertiary/aromatic N) is 3. The fourth-order valence-corrected chi connectivity index (χ4v) is 4.69. The number of hydrogen-bond donors (Lipinski definition) is 1. The van der Waals surface area contributed by atoms with Gasteiger partial charge in [-0.3, -0.25) is 24.7 Å². The van der Waals surface area contributed by atoms with Gasteiger partial charge in [0.25, 0.3) is 17.4 Å². The summed E-state index contributed by atoms with van der Waals surface area (Å²) in [7, 11) is 0. The molecule has 200 valence electrons. The highest BCUT2D eigenvalue weighted by atomic mass is 16.6. The maximum atomic E-state index is 13.3. The Labute approximate surface area is 230 Å². The minimum atomic E-state index is -0.953. The van der Waals surface area contributed by atoms with Gasteiger partial charge in [0, 0.05) is 36.6 Å². The molecule has 9 heteroatoms. The number of aryl methyl sites for hydroxylation is 1. The van der Waals surface area contributed by atoms with Crippen LogP contribution in [0.4, 0.5) is 5.69 Å². The summed E-state index contributed by atoms with van der Waals surface area (Å²) in [5, 5.41) is 22.5. The normalized spacial score (nSPS) is 16.2. The van der Waals surface area contributed by atoms with Crippen LogP contribution in [-0.4, -0.2) is 31.6 Å². The van der Waals surface area contributed by atoms with Crippen molar-refractivity contribution in [2.75, 3.05) is 0 Å². The van der Waals surface area contributed by atoms with E-state index >= 15 is 0 Å². The van der Waals surface area contributed by atoms with Gasteiger partial charge in [-0.25, -0.2) is 0 Å². The Kier molecular flexibility index (Phi) is 7.37. The molecule has 40 heavy (non-hydrogen) atoms. The van der Waals surface area contributed by atoms with Crippen molar-refractivity contribution in [1.82, 2.24) is 9.88 Å². The Bertz CT molecular complexity index is 1600.